The summed E-state index contributed by atoms with van der Waals surface area (Å²) in [6, 6.07) is 16.3. The molecule has 1 aliphatic heterocycles. The van der Waals surface area contributed by atoms with Crippen molar-refractivity contribution in [3.8, 4) is 5.75 Å². The Hall–Kier alpha value is -3.25. The van der Waals surface area contributed by atoms with E-state index in [1.165, 1.54) is 28.6 Å². The molecule has 3 aromatic carbocycles. The fraction of sp³-hybridized carbons (Fsp3) is 0.182. The lowest BCUT2D eigenvalue weighted by Crippen LogP contribution is -2.35. The Bertz CT molecular complexity index is 1390. The molecule has 1 N–H and O–H groups in total. The van der Waals surface area contributed by atoms with Crippen LogP contribution in [0.1, 0.15) is 12.0 Å². The number of ether oxygens (including phenoxy) is 1. The zero-order chi connectivity index (χ0) is 24.6. The fourth-order valence-corrected chi connectivity index (χ4v) is 6.24. The molecule has 1 aliphatic rings. The van der Waals surface area contributed by atoms with Crippen molar-refractivity contribution in [2.75, 3.05) is 15.6 Å². The average molecular weight is 513 g/mol. The summed E-state index contributed by atoms with van der Waals surface area (Å²) < 4.78 is 95.9. The summed E-state index contributed by atoms with van der Waals surface area (Å²) >= 11 is 0. The molecule has 0 amide bonds. The predicted molar refractivity (Wildman–Crippen MR) is 120 cm³/mol. The van der Waals surface area contributed by atoms with Gasteiger partial charge in [-0.25, -0.2) is 16.8 Å². The normalized spacial score (nSPS) is 14.4. The number of hydrogen-bond acceptors (Lipinski definition) is 5. The predicted octanol–water partition coefficient (Wildman–Crippen LogP) is 4.53. The zero-order valence-electron chi connectivity index (χ0n) is 17.5. The molecule has 0 radical (unpaired) electrons. The molecule has 0 saturated carbocycles. The molecule has 0 bridgehead atoms. The van der Waals surface area contributed by atoms with Gasteiger partial charge in [-0.1, -0.05) is 18.2 Å². The number of benzene rings is 3. The standard InChI is InChI=1S/C22H19F3N2O5S2/c23-22(24,25)32-18-9-11-19(12-10-18)33(28,29)26-17-8-13-21-16(15-17)5-4-14-27(21)34(30,31)20-6-2-1-3-7-20/h1-3,6-13,15,26H,4-5,14H2. The van der Waals surface area contributed by atoms with Gasteiger partial charge in [0.05, 0.1) is 15.5 Å². The molecule has 0 saturated heterocycles. The number of rotatable bonds is 6. The topological polar surface area (TPSA) is 92.8 Å². The quantitative estimate of drug-likeness (QED) is 0.524. The number of hydrogen-bond donors (Lipinski definition) is 1. The first-order valence-electron chi connectivity index (χ1n) is 10.1. The number of aryl methyl sites for hydroxylation is 1. The summed E-state index contributed by atoms with van der Waals surface area (Å²) in [6.07, 6.45) is -3.78. The van der Waals surface area contributed by atoms with E-state index in [0.717, 1.165) is 24.3 Å². The lowest BCUT2D eigenvalue weighted by atomic mass is 10.0. The molecule has 7 nitrogen and oxygen atoms in total. The lowest BCUT2D eigenvalue weighted by Gasteiger charge is -2.31. The van der Waals surface area contributed by atoms with E-state index in [4.69, 9.17) is 0 Å². The highest BCUT2D eigenvalue weighted by molar-refractivity contribution is 7.93. The van der Waals surface area contributed by atoms with Crippen LogP contribution in [-0.4, -0.2) is 29.7 Å². The van der Waals surface area contributed by atoms with E-state index >= 15 is 0 Å². The summed E-state index contributed by atoms with van der Waals surface area (Å²) in [5, 5.41) is 0. The molecule has 3 aromatic rings. The van der Waals surface area contributed by atoms with Gasteiger partial charge in [-0.2, -0.15) is 0 Å². The van der Waals surface area contributed by atoms with Crippen molar-refractivity contribution in [2.24, 2.45) is 0 Å². The van der Waals surface area contributed by atoms with Crippen LogP contribution in [0, 0.1) is 0 Å². The molecule has 0 aromatic heterocycles. The Kier molecular flexibility index (Phi) is 6.21. The fourth-order valence-electron chi connectivity index (χ4n) is 3.63. The van der Waals surface area contributed by atoms with Crippen molar-refractivity contribution < 1.29 is 34.7 Å². The van der Waals surface area contributed by atoms with Crippen LogP contribution in [0.2, 0.25) is 0 Å². The highest BCUT2D eigenvalue weighted by atomic mass is 32.2. The molecule has 34 heavy (non-hydrogen) atoms. The van der Waals surface area contributed by atoms with Crippen molar-refractivity contribution in [1.29, 1.82) is 0 Å². The van der Waals surface area contributed by atoms with Crippen LogP contribution < -0.4 is 13.8 Å². The Morgan fingerprint density at radius 3 is 2.18 bits per heavy atom. The average Bonchev–Trinajstić information content (AvgIpc) is 2.78. The van der Waals surface area contributed by atoms with E-state index in [9.17, 15) is 30.0 Å². The van der Waals surface area contributed by atoms with Gasteiger partial charge >= 0.3 is 6.36 Å². The van der Waals surface area contributed by atoms with Gasteiger partial charge in [0.2, 0.25) is 0 Å². The number of halogens is 3. The van der Waals surface area contributed by atoms with Crippen LogP contribution >= 0.6 is 0 Å². The largest absolute Gasteiger partial charge is 0.573 e. The SMILES string of the molecule is O=S(=O)(Nc1ccc2c(c1)CCCN2S(=O)(=O)c1ccccc1)c1ccc(OC(F)(F)F)cc1. The van der Waals surface area contributed by atoms with Crippen LogP contribution in [0.5, 0.6) is 5.75 Å². The number of nitrogens with zero attached hydrogens (tertiary/aromatic N) is 1. The number of alkyl halides is 3. The van der Waals surface area contributed by atoms with E-state index in [2.05, 4.69) is 9.46 Å². The number of sulfonamides is 2. The van der Waals surface area contributed by atoms with E-state index in [-0.39, 0.29) is 15.5 Å². The Labute approximate surface area is 194 Å². The van der Waals surface area contributed by atoms with Crippen molar-refractivity contribution >= 4 is 31.4 Å². The van der Waals surface area contributed by atoms with Crippen LogP contribution in [0.4, 0.5) is 24.5 Å². The summed E-state index contributed by atoms with van der Waals surface area (Å²) in [6.45, 7) is 0.293. The number of anilines is 2. The van der Waals surface area contributed by atoms with Gasteiger partial charge < -0.3 is 4.74 Å². The number of fused-ring (bicyclic) bond motifs is 1. The summed E-state index contributed by atoms with van der Waals surface area (Å²) in [5.41, 5.74) is 1.32. The van der Waals surface area contributed by atoms with Crippen LogP contribution in [-0.2, 0) is 26.5 Å². The molecule has 0 spiro atoms. The monoisotopic (exact) mass is 512 g/mol. The Morgan fingerprint density at radius 1 is 0.853 bits per heavy atom. The highest BCUT2D eigenvalue weighted by Crippen LogP contribution is 2.34. The summed E-state index contributed by atoms with van der Waals surface area (Å²) in [5.74, 6) is -0.542. The third-order valence-electron chi connectivity index (χ3n) is 5.11. The van der Waals surface area contributed by atoms with Crippen molar-refractivity contribution in [3.63, 3.8) is 0 Å². The third-order valence-corrected chi connectivity index (χ3v) is 8.33. The second-order valence-electron chi connectivity index (χ2n) is 7.46. The number of nitrogens with one attached hydrogen (secondary N) is 1. The van der Waals surface area contributed by atoms with E-state index < -0.39 is 32.2 Å². The van der Waals surface area contributed by atoms with Crippen LogP contribution in [0.25, 0.3) is 0 Å². The molecule has 0 fully saturated rings. The molecule has 180 valence electrons. The summed E-state index contributed by atoms with van der Waals surface area (Å²) in [7, 11) is -7.88. The van der Waals surface area contributed by atoms with E-state index in [1.807, 2.05) is 0 Å². The first kappa shape index (κ1) is 23.9. The molecule has 0 atom stereocenters. The van der Waals surface area contributed by atoms with E-state index in [1.54, 1.807) is 24.3 Å². The maximum atomic E-state index is 13.1. The Balaban J connectivity index is 1.57. The molecular formula is C22H19F3N2O5S2. The van der Waals surface area contributed by atoms with Gasteiger partial charge in [0.1, 0.15) is 5.75 Å². The van der Waals surface area contributed by atoms with Gasteiger partial charge in [0.25, 0.3) is 20.0 Å². The van der Waals surface area contributed by atoms with Crippen molar-refractivity contribution in [1.82, 2.24) is 0 Å². The van der Waals surface area contributed by atoms with E-state index in [0.29, 0.717) is 30.6 Å². The minimum absolute atomic E-state index is 0.158. The molecular weight excluding hydrogens is 493 g/mol. The van der Waals surface area contributed by atoms with Crippen molar-refractivity contribution in [3.05, 3.63) is 78.4 Å². The molecule has 0 unspecified atom stereocenters. The summed E-state index contributed by atoms with van der Waals surface area (Å²) in [4.78, 5) is -0.0985. The molecule has 1 heterocycles. The second-order valence-corrected chi connectivity index (χ2v) is 11.0. The molecule has 12 heteroatoms. The van der Waals surface area contributed by atoms with Gasteiger partial charge in [0, 0.05) is 12.2 Å². The first-order valence-corrected chi connectivity index (χ1v) is 13.0. The van der Waals surface area contributed by atoms with Gasteiger partial charge in [-0.15, -0.1) is 13.2 Å². The molecule has 0 aliphatic carbocycles. The minimum atomic E-state index is -4.89. The minimum Gasteiger partial charge on any atom is -0.406 e. The third kappa shape index (κ3) is 5.12. The van der Waals surface area contributed by atoms with Gasteiger partial charge in [0.15, 0.2) is 0 Å². The maximum Gasteiger partial charge on any atom is 0.573 e. The van der Waals surface area contributed by atoms with Gasteiger partial charge in [-0.3, -0.25) is 9.03 Å². The second kappa shape index (κ2) is 8.84. The van der Waals surface area contributed by atoms with Gasteiger partial charge in [-0.05, 0) is 73.0 Å². The Morgan fingerprint density at radius 2 is 1.53 bits per heavy atom. The van der Waals surface area contributed by atoms with Crippen molar-refractivity contribution in [2.45, 2.75) is 29.0 Å². The highest BCUT2D eigenvalue weighted by Gasteiger charge is 2.31. The maximum absolute atomic E-state index is 13.1. The molecule has 4 rings (SSSR count). The van der Waals surface area contributed by atoms with Crippen LogP contribution in [0.15, 0.2) is 82.6 Å². The van der Waals surface area contributed by atoms with Crippen LogP contribution in [0.3, 0.4) is 0 Å². The zero-order valence-corrected chi connectivity index (χ0v) is 19.1. The lowest BCUT2D eigenvalue weighted by molar-refractivity contribution is -0.274. The smallest absolute Gasteiger partial charge is 0.406 e. The first-order chi connectivity index (χ1) is 16.0.